The van der Waals surface area contributed by atoms with Gasteiger partial charge in [-0.3, -0.25) is 4.90 Å². The summed E-state index contributed by atoms with van der Waals surface area (Å²) < 4.78 is 10.8. The highest BCUT2D eigenvalue weighted by atomic mass is 16.5. The number of rotatable bonds is 4. The molecule has 2 rings (SSSR count). The third-order valence-electron chi connectivity index (χ3n) is 3.03. The first-order valence-corrected chi connectivity index (χ1v) is 6.20. The van der Waals surface area contributed by atoms with Gasteiger partial charge in [0.15, 0.2) is 0 Å². The number of hydrogen-bond donors (Lipinski definition) is 0. The van der Waals surface area contributed by atoms with Crippen LogP contribution in [0.4, 0.5) is 0 Å². The molecule has 1 aliphatic heterocycles. The maximum atomic E-state index is 5.67. The summed E-state index contributed by atoms with van der Waals surface area (Å²) in [5.41, 5.74) is 1.25. The van der Waals surface area contributed by atoms with Crippen LogP contribution in [0.3, 0.4) is 0 Å². The molecule has 1 aliphatic rings. The Labute approximate surface area is 103 Å². The lowest BCUT2D eigenvalue weighted by Gasteiger charge is -2.24. The van der Waals surface area contributed by atoms with Gasteiger partial charge in [0.2, 0.25) is 0 Å². The average molecular weight is 238 g/mol. The molecule has 0 aliphatic carbocycles. The number of hydrogen-bond acceptors (Lipinski definition) is 4. The van der Waals surface area contributed by atoms with Crippen LogP contribution in [0.5, 0.6) is 0 Å². The molecule has 17 heavy (non-hydrogen) atoms. The van der Waals surface area contributed by atoms with Crippen LogP contribution in [0.25, 0.3) is 0 Å². The minimum absolute atomic E-state index is 0.597. The van der Waals surface area contributed by atoms with Crippen molar-refractivity contribution in [3.05, 3.63) is 24.2 Å². The van der Waals surface area contributed by atoms with Gasteiger partial charge in [0.1, 0.15) is 0 Å². The smallest absolute Gasteiger partial charge is 0.0947 e. The van der Waals surface area contributed by atoms with Crippen molar-refractivity contribution in [3.63, 3.8) is 0 Å². The zero-order chi connectivity index (χ0) is 12.1. The van der Waals surface area contributed by atoms with Crippen molar-refractivity contribution in [2.75, 3.05) is 46.9 Å². The van der Waals surface area contributed by atoms with Crippen LogP contribution < -0.4 is 0 Å². The van der Waals surface area contributed by atoms with E-state index in [0.717, 1.165) is 39.4 Å². The molecule has 0 radical (unpaired) electrons. The van der Waals surface area contributed by atoms with Gasteiger partial charge in [-0.2, -0.15) is 0 Å². The second-order valence-corrected chi connectivity index (χ2v) is 5.07. The summed E-state index contributed by atoms with van der Waals surface area (Å²) in [5.74, 6) is 0.597. The van der Waals surface area contributed by atoms with Gasteiger partial charge < -0.3 is 14.1 Å². The Bertz CT molecular complexity index is 311. The normalized spacial score (nSPS) is 22.9. The SMILES string of the molecule is CN(C)CC1COCCN(Cc2ccoc2)C1. The molecular formula is C13H22N2O2. The first-order valence-electron chi connectivity index (χ1n) is 6.20. The fraction of sp³-hybridized carbons (Fsp3) is 0.692. The minimum atomic E-state index is 0.597. The minimum Gasteiger partial charge on any atom is -0.472 e. The van der Waals surface area contributed by atoms with Crippen molar-refractivity contribution in [3.8, 4) is 0 Å². The second kappa shape index (κ2) is 6.19. The summed E-state index contributed by atoms with van der Waals surface area (Å²) in [6, 6.07) is 2.03. The van der Waals surface area contributed by atoms with Gasteiger partial charge >= 0.3 is 0 Å². The monoisotopic (exact) mass is 238 g/mol. The Morgan fingerprint density at radius 1 is 1.47 bits per heavy atom. The largest absolute Gasteiger partial charge is 0.472 e. The maximum absolute atomic E-state index is 5.67. The van der Waals surface area contributed by atoms with Gasteiger partial charge in [0, 0.05) is 37.7 Å². The Kier molecular flexibility index (Phi) is 4.59. The van der Waals surface area contributed by atoms with Crippen LogP contribution in [-0.2, 0) is 11.3 Å². The van der Waals surface area contributed by atoms with E-state index in [1.54, 1.807) is 6.26 Å². The van der Waals surface area contributed by atoms with Crippen molar-refractivity contribution in [1.82, 2.24) is 9.80 Å². The second-order valence-electron chi connectivity index (χ2n) is 5.07. The van der Waals surface area contributed by atoms with Crippen molar-refractivity contribution in [2.45, 2.75) is 6.54 Å². The van der Waals surface area contributed by atoms with Crippen LogP contribution in [0.2, 0.25) is 0 Å². The Hall–Kier alpha value is -0.840. The molecule has 0 saturated carbocycles. The van der Waals surface area contributed by atoms with Crippen molar-refractivity contribution < 1.29 is 9.15 Å². The van der Waals surface area contributed by atoms with E-state index in [0.29, 0.717) is 5.92 Å². The summed E-state index contributed by atoms with van der Waals surface area (Å²) in [6.45, 7) is 5.87. The Morgan fingerprint density at radius 3 is 3.06 bits per heavy atom. The molecule has 96 valence electrons. The molecule has 1 atom stereocenters. The molecule has 0 spiro atoms. The molecule has 0 N–H and O–H groups in total. The van der Waals surface area contributed by atoms with E-state index in [2.05, 4.69) is 23.9 Å². The van der Waals surface area contributed by atoms with E-state index >= 15 is 0 Å². The van der Waals surface area contributed by atoms with Crippen LogP contribution in [0.15, 0.2) is 23.0 Å². The molecule has 1 saturated heterocycles. The fourth-order valence-electron chi connectivity index (χ4n) is 2.36. The van der Waals surface area contributed by atoms with Crippen LogP contribution in [-0.4, -0.2) is 56.7 Å². The summed E-state index contributed by atoms with van der Waals surface area (Å²) in [7, 11) is 4.23. The molecule has 1 fully saturated rings. The van der Waals surface area contributed by atoms with Gasteiger partial charge in [-0.15, -0.1) is 0 Å². The molecule has 0 bridgehead atoms. The van der Waals surface area contributed by atoms with Gasteiger partial charge in [0.25, 0.3) is 0 Å². The van der Waals surface area contributed by atoms with Gasteiger partial charge in [-0.1, -0.05) is 0 Å². The fourth-order valence-corrected chi connectivity index (χ4v) is 2.36. The topological polar surface area (TPSA) is 28.9 Å². The molecule has 0 aromatic carbocycles. The lowest BCUT2D eigenvalue weighted by molar-refractivity contribution is 0.112. The zero-order valence-corrected chi connectivity index (χ0v) is 10.8. The van der Waals surface area contributed by atoms with Crippen LogP contribution in [0, 0.1) is 5.92 Å². The molecular weight excluding hydrogens is 216 g/mol. The quantitative estimate of drug-likeness (QED) is 0.790. The van der Waals surface area contributed by atoms with Crippen molar-refractivity contribution >= 4 is 0 Å². The van der Waals surface area contributed by atoms with E-state index < -0.39 is 0 Å². The average Bonchev–Trinajstić information content (AvgIpc) is 2.66. The van der Waals surface area contributed by atoms with Crippen LogP contribution >= 0.6 is 0 Å². The lowest BCUT2D eigenvalue weighted by atomic mass is 10.1. The highest BCUT2D eigenvalue weighted by molar-refractivity contribution is 5.04. The third-order valence-corrected chi connectivity index (χ3v) is 3.03. The third kappa shape index (κ3) is 4.15. The molecule has 2 heterocycles. The predicted molar refractivity (Wildman–Crippen MR) is 66.8 cm³/mol. The number of ether oxygens (including phenoxy) is 1. The molecule has 4 nitrogen and oxygen atoms in total. The Morgan fingerprint density at radius 2 is 2.35 bits per heavy atom. The van der Waals surface area contributed by atoms with E-state index in [9.17, 15) is 0 Å². The van der Waals surface area contributed by atoms with Gasteiger partial charge in [0.05, 0.1) is 25.7 Å². The number of nitrogens with zero attached hydrogens (tertiary/aromatic N) is 2. The van der Waals surface area contributed by atoms with E-state index in [-0.39, 0.29) is 0 Å². The molecule has 4 heteroatoms. The Balaban J connectivity index is 1.88. The standard InChI is InChI=1S/C13H22N2O2/c1-14(2)7-13-9-15(4-6-17-11-13)8-12-3-5-16-10-12/h3,5,10,13H,4,6-9,11H2,1-2H3. The molecule has 1 aromatic heterocycles. The van der Waals surface area contributed by atoms with Crippen molar-refractivity contribution in [2.24, 2.45) is 5.92 Å². The van der Waals surface area contributed by atoms with E-state index in [1.807, 2.05) is 12.3 Å². The zero-order valence-electron chi connectivity index (χ0n) is 10.8. The number of furan rings is 1. The van der Waals surface area contributed by atoms with Gasteiger partial charge in [-0.05, 0) is 20.2 Å². The highest BCUT2D eigenvalue weighted by Crippen LogP contribution is 2.12. The summed E-state index contributed by atoms with van der Waals surface area (Å²) in [4.78, 5) is 4.68. The van der Waals surface area contributed by atoms with Crippen LogP contribution in [0.1, 0.15) is 5.56 Å². The maximum Gasteiger partial charge on any atom is 0.0947 e. The van der Waals surface area contributed by atoms with E-state index in [4.69, 9.17) is 9.15 Å². The predicted octanol–water partition coefficient (Wildman–Crippen LogP) is 1.29. The lowest BCUT2D eigenvalue weighted by Crippen LogP contribution is -2.34. The van der Waals surface area contributed by atoms with Crippen molar-refractivity contribution in [1.29, 1.82) is 0 Å². The highest BCUT2D eigenvalue weighted by Gasteiger charge is 2.19. The van der Waals surface area contributed by atoms with Gasteiger partial charge in [-0.25, -0.2) is 0 Å². The molecule has 1 aromatic rings. The molecule has 1 unspecified atom stereocenters. The first kappa shape index (κ1) is 12.6. The molecule has 0 amide bonds. The summed E-state index contributed by atoms with van der Waals surface area (Å²) >= 11 is 0. The summed E-state index contributed by atoms with van der Waals surface area (Å²) in [5, 5.41) is 0. The summed E-state index contributed by atoms with van der Waals surface area (Å²) in [6.07, 6.45) is 3.56. The first-order chi connectivity index (χ1) is 8.24. The van der Waals surface area contributed by atoms with E-state index in [1.165, 1.54) is 5.56 Å².